The molecular weight excluding hydrogens is 131 g/mol. The van der Waals surface area contributed by atoms with Crippen LogP contribution in [0.15, 0.2) is 0 Å². The van der Waals surface area contributed by atoms with Gasteiger partial charge in [-0.3, -0.25) is 0 Å². The summed E-state index contributed by atoms with van der Waals surface area (Å²) in [7, 11) is 1.33. The maximum atomic E-state index is 2.38. The molecule has 0 rings (SSSR count). The Morgan fingerprint density at radius 1 is 1.00 bits per heavy atom. The molecule has 0 aliphatic rings. The molecule has 0 radical (unpaired) electrons. The van der Waals surface area contributed by atoms with Gasteiger partial charge >= 0.3 is 0 Å². The highest BCUT2D eigenvalue weighted by atomic mass is 14.1. The lowest BCUT2D eigenvalue weighted by Crippen LogP contribution is -2.21. The van der Waals surface area contributed by atoms with E-state index >= 15 is 0 Å². The maximum absolute atomic E-state index is 2.38. The van der Waals surface area contributed by atoms with Crippen LogP contribution in [-0.4, -0.2) is 7.28 Å². The van der Waals surface area contributed by atoms with Crippen molar-refractivity contribution >= 4 is 7.28 Å². The molecule has 0 aromatic rings. The van der Waals surface area contributed by atoms with Gasteiger partial charge in [-0.25, -0.2) is 0 Å². The summed E-state index contributed by atoms with van der Waals surface area (Å²) >= 11 is 0. The molecule has 0 aromatic heterocycles. The predicted molar refractivity (Wildman–Crippen MR) is 55.8 cm³/mol. The fraction of sp³-hybridized carbons (Fsp3) is 1.00. The average Bonchev–Trinajstić information content (AvgIpc) is 1.55. The molecule has 0 heterocycles. The molecule has 11 heavy (non-hydrogen) atoms. The number of hydrogen-bond acceptors (Lipinski definition) is 0. The van der Waals surface area contributed by atoms with E-state index < -0.39 is 0 Å². The molecule has 0 atom stereocenters. The van der Waals surface area contributed by atoms with Gasteiger partial charge in [-0.2, -0.15) is 0 Å². The molecule has 0 aromatic carbocycles. The van der Waals surface area contributed by atoms with Crippen LogP contribution in [0.5, 0.6) is 0 Å². The van der Waals surface area contributed by atoms with Gasteiger partial charge in [-0.15, -0.1) is 0 Å². The van der Waals surface area contributed by atoms with Gasteiger partial charge in [0.1, 0.15) is 7.28 Å². The first-order valence-corrected chi connectivity index (χ1v) is 4.77. The van der Waals surface area contributed by atoms with Crippen LogP contribution in [0, 0.1) is 0 Å². The summed E-state index contributed by atoms with van der Waals surface area (Å²) in [5.74, 6) is 0. The second-order valence-corrected chi connectivity index (χ2v) is 5.65. The van der Waals surface area contributed by atoms with Crippen LogP contribution >= 0.6 is 0 Å². The highest BCUT2D eigenvalue weighted by Crippen LogP contribution is 2.38. The van der Waals surface area contributed by atoms with E-state index in [1.807, 2.05) is 0 Å². The summed E-state index contributed by atoms with van der Waals surface area (Å²) < 4.78 is 0. The molecule has 0 aliphatic heterocycles. The Balaban J connectivity index is 3.91. The Bertz CT molecular complexity index is 109. The van der Waals surface area contributed by atoms with Crippen molar-refractivity contribution < 1.29 is 0 Å². The molecule has 0 amide bonds. The summed E-state index contributed by atoms with van der Waals surface area (Å²) in [6.45, 7) is 14.0. The third-order valence-corrected chi connectivity index (χ3v) is 1.94. The summed E-state index contributed by atoms with van der Waals surface area (Å²) in [6.07, 6.45) is 2.66. The standard InChI is InChI=1S/C10H23B/c1-7-8-10(5,6)11-9(2,3)4/h11H,7-8H2,1-6H3. The van der Waals surface area contributed by atoms with Crippen LogP contribution in [0.25, 0.3) is 0 Å². The van der Waals surface area contributed by atoms with Gasteiger partial charge in [0.2, 0.25) is 0 Å². The monoisotopic (exact) mass is 154 g/mol. The van der Waals surface area contributed by atoms with Crippen LogP contribution in [0.3, 0.4) is 0 Å². The van der Waals surface area contributed by atoms with Gasteiger partial charge in [-0.1, -0.05) is 65.0 Å². The van der Waals surface area contributed by atoms with E-state index in [2.05, 4.69) is 41.5 Å². The van der Waals surface area contributed by atoms with Crippen molar-refractivity contribution in [2.45, 2.75) is 65.0 Å². The first-order chi connectivity index (χ1) is 4.77. The van der Waals surface area contributed by atoms with E-state index in [9.17, 15) is 0 Å². The van der Waals surface area contributed by atoms with Crippen molar-refractivity contribution in [1.82, 2.24) is 0 Å². The maximum Gasteiger partial charge on any atom is 0.133 e. The molecule has 0 saturated heterocycles. The molecule has 0 spiro atoms. The summed E-state index contributed by atoms with van der Waals surface area (Å²) in [4.78, 5) is 0. The molecule has 0 nitrogen and oxygen atoms in total. The lowest BCUT2D eigenvalue weighted by atomic mass is 9.40. The number of rotatable bonds is 3. The summed E-state index contributed by atoms with van der Waals surface area (Å²) in [6, 6.07) is 0. The Morgan fingerprint density at radius 2 is 1.45 bits per heavy atom. The Hall–Kier alpha value is 0.0649. The summed E-state index contributed by atoms with van der Waals surface area (Å²) in [5, 5.41) is 1.02. The second-order valence-electron chi connectivity index (χ2n) is 5.65. The Kier molecular flexibility index (Phi) is 3.67. The van der Waals surface area contributed by atoms with Crippen LogP contribution in [0.2, 0.25) is 10.6 Å². The van der Waals surface area contributed by atoms with E-state index in [-0.39, 0.29) is 0 Å². The van der Waals surface area contributed by atoms with Crippen LogP contribution in [-0.2, 0) is 0 Å². The molecule has 0 unspecified atom stereocenters. The Morgan fingerprint density at radius 3 is 1.73 bits per heavy atom. The second kappa shape index (κ2) is 3.64. The topological polar surface area (TPSA) is 0 Å². The highest BCUT2D eigenvalue weighted by molar-refractivity contribution is 6.43. The SMILES string of the molecule is CCCC(C)(C)BC(C)(C)C. The van der Waals surface area contributed by atoms with Gasteiger partial charge in [-0.05, 0) is 0 Å². The van der Waals surface area contributed by atoms with Gasteiger partial charge in [0.05, 0.1) is 0 Å². The zero-order valence-electron chi connectivity index (χ0n) is 9.12. The fourth-order valence-electron chi connectivity index (χ4n) is 2.20. The Labute approximate surface area is 73.0 Å². The van der Waals surface area contributed by atoms with Gasteiger partial charge in [0, 0.05) is 0 Å². The van der Waals surface area contributed by atoms with E-state index in [0.717, 1.165) is 0 Å². The van der Waals surface area contributed by atoms with E-state index in [0.29, 0.717) is 10.6 Å². The lowest BCUT2D eigenvalue weighted by molar-refractivity contribution is 0.566. The van der Waals surface area contributed by atoms with Crippen molar-refractivity contribution in [2.75, 3.05) is 0 Å². The van der Waals surface area contributed by atoms with Crippen molar-refractivity contribution in [3.8, 4) is 0 Å². The van der Waals surface area contributed by atoms with Crippen LogP contribution < -0.4 is 0 Å². The third kappa shape index (κ3) is 6.46. The molecule has 0 N–H and O–H groups in total. The lowest BCUT2D eigenvalue weighted by Gasteiger charge is -2.30. The molecular formula is C10H23B. The van der Waals surface area contributed by atoms with Crippen LogP contribution in [0.4, 0.5) is 0 Å². The number of hydrogen-bond donors (Lipinski definition) is 0. The summed E-state index contributed by atoms with van der Waals surface area (Å²) in [5.41, 5.74) is 0. The third-order valence-electron chi connectivity index (χ3n) is 1.94. The van der Waals surface area contributed by atoms with Crippen molar-refractivity contribution in [2.24, 2.45) is 0 Å². The average molecular weight is 154 g/mol. The van der Waals surface area contributed by atoms with Crippen molar-refractivity contribution in [3.05, 3.63) is 0 Å². The molecule has 0 saturated carbocycles. The van der Waals surface area contributed by atoms with E-state index in [1.165, 1.54) is 20.1 Å². The predicted octanol–water partition coefficient (Wildman–Crippen LogP) is 3.64. The zero-order valence-corrected chi connectivity index (χ0v) is 9.12. The molecule has 1 heteroatoms. The zero-order chi connectivity index (χ0) is 9.12. The van der Waals surface area contributed by atoms with Crippen molar-refractivity contribution in [1.29, 1.82) is 0 Å². The van der Waals surface area contributed by atoms with Gasteiger partial charge in [0.15, 0.2) is 0 Å². The molecule has 0 fully saturated rings. The van der Waals surface area contributed by atoms with Crippen molar-refractivity contribution in [3.63, 3.8) is 0 Å². The normalized spacial score (nSPS) is 13.3. The minimum atomic E-state index is 0.485. The smallest absolute Gasteiger partial charge is 0.0671 e. The highest BCUT2D eigenvalue weighted by Gasteiger charge is 2.26. The fourth-order valence-corrected chi connectivity index (χ4v) is 2.20. The first-order valence-electron chi connectivity index (χ1n) is 4.77. The van der Waals surface area contributed by atoms with E-state index in [4.69, 9.17) is 0 Å². The van der Waals surface area contributed by atoms with E-state index in [1.54, 1.807) is 0 Å². The minimum Gasteiger partial charge on any atom is -0.0671 e. The van der Waals surface area contributed by atoms with Gasteiger partial charge < -0.3 is 0 Å². The minimum absolute atomic E-state index is 0.485. The van der Waals surface area contributed by atoms with Crippen LogP contribution in [0.1, 0.15) is 54.4 Å². The van der Waals surface area contributed by atoms with Gasteiger partial charge in [0.25, 0.3) is 0 Å². The largest absolute Gasteiger partial charge is 0.133 e. The first kappa shape index (κ1) is 11.1. The molecule has 0 bridgehead atoms. The quantitative estimate of drug-likeness (QED) is 0.544. The molecule has 0 aliphatic carbocycles. The molecule has 66 valence electrons.